The first kappa shape index (κ1) is 14.9. The van der Waals surface area contributed by atoms with E-state index in [4.69, 9.17) is 9.84 Å². The van der Waals surface area contributed by atoms with E-state index in [1.54, 1.807) is 19.9 Å². The Labute approximate surface area is 111 Å². The van der Waals surface area contributed by atoms with E-state index in [2.05, 4.69) is 0 Å². The van der Waals surface area contributed by atoms with Crippen LogP contribution in [-0.4, -0.2) is 29.4 Å². The first-order valence-electron chi connectivity index (χ1n) is 5.89. The highest BCUT2D eigenvalue weighted by Crippen LogP contribution is 2.24. The SMILES string of the molecule is CCOC(=O)C(C(C)=O)c1cc(C)ccc1C(=O)O. The molecule has 0 heterocycles. The Bertz CT molecular complexity index is 519. The number of Topliss-reactive ketones (excluding diaryl/α,β-unsaturated/α-hetero) is 1. The Morgan fingerprint density at radius 1 is 1.32 bits per heavy atom. The van der Waals surface area contributed by atoms with Gasteiger partial charge in [0.1, 0.15) is 11.7 Å². The van der Waals surface area contributed by atoms with E-state index in [-0.39, 0.29) is 17.7 Å². The molecule has 0 saturated heterocycles. The monoisotopic (exact) mass is 264 g/mol. The van der Waals surface area contributed by atoms with Crippen molar-refractivity contribution >= 4 is 17.7 Å². The van der Waals surface area contributed by atoms with Gasteiger partial charge < -0.3 is 9.84 Å². The number of benzene rings is 1. The van der Waals surface area contributed by atoms with Crippen LogP contribution in [0.15, 0.2) is 18.2 Å². The average Bonchev–Trinajstić information content (AvgIpc) is 2.28. The molecule has 1 rings (SSSR count). The van der Waals surface area contributed by atoms with Gasteiger partial charge in [0.15, 0.2) is 0 Å². The van der Waals surface area contributed by atoms with Crippen LogP contribution >= 0.6 is 0 Å². The molecule has 1 N–H and O–H groups in total. The summed E-state index contributed by atoms with van der Waals surface area (Å²) in [6.45, 7) is 4.77. The zero-order valence-electron chi connectivity index (χ0n) is 11.1. The molecule has 0 radical (unpaired) electrons. The van der Waals surface area contributed by atoms with Gasteiger partial charge in [-0.2, -0.15) is 0 Å². The summed E-state index contributed by atoms with van der Waals surface area (Å²) in [5, 5.41) is 9.14. The first-order valence-corrected chi connectivity index (χ1v) is 5.89. The second-order valence-corrected chi connectivity index (χ2v) is 4.19. The molecule has 1 aromatic rings. The van der Waals surface area contributed by atoms with E-state index in [1.807, 2.05) is 0 Å². The highest BCUT2D eigenvalue weighted by atomic mass is 16.5. The molecule has 1 atom stereocenters. The van der Waals surface area contributed by atoms with Crippen molar-refractivity contribution in [3.05, 3.63) is 34.9 Å². The number of carboxylic acids is 1. The number of carbonyl (C=O) groups is 3. The summed E-state index contributed by atoms with van der Waals surface area (Å²) in [5.41, 5.74) is 0.896. The Balaban J connectivity index is 3.37. The minimum absolute atomic E-state index is 0.0566. The summed E-state index contributed by atoms with van der Waals surface area (Å²) >= 11 is 0. The summed E-state index contributed by atoms with van der Waals surface area (Å²) in [4.78, 5) is 34.7. The fourth-order valence-corrected chi connectivity index (χ4v) is 1.85. The molecule has 0 amide bonds. The molecular weight excluding hydrogens is 248 g/mol. The molecule has 5 nitrogen and oxygen atoms in total. The summed E-state index contributed by atoms with van der Waals surface area (Å²) in [5.74, 6) is -3.52. The lowest BCUT2D eigenvalue weighted by Gasteiger charge is -2.15. The van der Waals surface area contributed by atoms with Crippen molar-refractivity contribution in [2.45, 2.75) is 26.7 Å². The number of aryl methyl sites for hydroxylation is 1. The smallest absolute Gasteiger partial charge is 0.336 e. The molecule has 0 saturated carbocycles. The van der Waals surface area contributed by atoms with Crippen LogP contribution in [0, 0.1) is 6.92 Å². The molecule has 0 fully saturated rings. The Morgan fingerprint density at radius 2 is 1.95 bits per heavy atom. The van der Waals surface area contributed by atoms with Gasteiger partial charge in [0.05, 0.1) is 12.2 Å². The number of ketones is 1. The molecule has 0 aliphatic carbocycles. The molecule has 0 aliphatic heterocycles. The van der Waals surface area contributed by atoms with Crippen molar-refractivity contribution in [3.8, 4) is 0 Å². The van der Waals surface area contributed by atoms with Crippen LogP contribution in [0.25, 0.3) is 0 Å². The second kappa shape index (κ2) is 6.13. The lowest BCUT2D eigenvalue weighted by Crippen LogP contribution is -2.24. The van der Waals surface area contributed by atoms with Crippen molar-refractivity contribution in [1.29, 1.82) is 0 Å². The van der Waals surface area contributed by atoms with Crippen LogP contribution in [0.2, 0.25) is 0 Å². The van der Waals surface area contributed by atoms with Crippen LogP contribution in [-0.2, 0) is 14.3 Å². The van der Waals surface area contributed by atoms with Crippen LogP contribution in [0.3, 0.4) is 0 Å². The van der Waals surface area contributed by atoms with Crippen molar-refractivity contribution in [3.63, 3.8) is 0 Å². The van der Waals surface area contributed by atoms with Gasteiger partial charge in [0.2, 0.25) is 0 Å². The van der Waals surface area contributed by atoms with E-state index >= 15 is 0 Å². The third kappa shape index (κ3) is 3.40. The van der Waals surface area contributed by atoms with E-state index in [1.165, 1.54) is 19.1 Å². The molecular formula is C14H16O5. The number of ether oxygens (including phenoxy) is 1. The van der Waals surface area contributed by atoms with Gasteiger partial charge in [-0.15, -0.1) is 0 Å². The molecule has 19 heavy (non-hydrogen) atoms. The molecule has 1 unspecified atom stereocenters. The standard InChI is InChI=1S/C14H16O5/c1-4-19-14(18)12(9(3)15)11-7-8(2)5-6-10(11)13(16)17/h5-7,12H,4H2,1-3H3,(H,16,17). The number of carbonyl (C=O) groups excluding carboxylic acids is 2. The summed E-state index contributed by atoms with van der Waals surface area (Å²) in [7, 11) is 0. The molecule has 5 heteroatoms. The number of esters is 1. The third-order valence-corrected chi connectivity index (χ3v) is 2.68. The minimum Gasteiger partial charge on any atom is -0.478 e. The Kier molecular flexibility index (Phi) is 4.80. The zero-order chi connectivity index (χ0) is 14.6. The maximum absolute atomic E-state index is 11.8. The molecule has 0 aromatic heterocycles. The largest absolute Gasteiger partial charge is 0.478 e. The predicted octanol–water partition coefficient (Wildman–Crippen LogP) is 1.93. The summed E-state index contributed by atoms with van der Waals surface area (Å²) in [6, 6.07) is 4.55. The maximum Gasteiger partial charge on any atom is 0.336 e. The van der Waals surface area contributed by atoms with E-state index < -0.39 is 23.6 Å². The molecule has 0 aliphatic rings. The summed E-state index contributed by atoms with van der Waals surface area (Å²) < 4.78 is 4.84. The molecule has 102 valence electrons. The number of rotatable bonds is 5. The predicted molar refractivity (Wildman–Crippen MR) is 68.2 cm³/mol. The summed E-state index contributed by atoms with van der Waals surface area (Å²) in [6.07, 6.45) is 0. The molecule has 0 spiro atoms. The molecule has 0 bridgehead atoms. The Morgan fingerprint density at radius 3 is 2.42 bits per heavy atom. The van der Waals surface area contributed by atoms with Crippen LogP contribution < -0.4 is 0 Å². The van der Waals surface area contributed by atoms with Gasteiger partial charge in [-0.25, -0.2) is 4.79 Å². The Hall–Kier alpha value is -2.17. The van der Waals surface area contributed by atoms with Gasteiger partial charge in [0.25, 0.3) is 0 Å². The van der Waals surface area contributed by atoms with Crippen molar-refractivity contribution in [1.82, 2.24) is 0 Å². The fraction of sp³-hybridized carbons (Fsp3) is 0.357. The average molecular weight is 264 g/mol. The lowest BCUT2D eigenvalue weighted by molar-refractivity contribution is -0.147. The number of carboxylic acid groups (broad SMARTS) is 1. The van der Waals surface area contributed by atoms with Crippen LogP contribution in [0.1, 0.15) is 41.3 Å². The van der Waals surface area contributed by atoms with E-state index in [0.717, 1.165) is 5.56 Å². The highest BCUT2D eigenvalue weighted by Gasteiger charge is 2.30. The van der Waals surface area contributed by atoms with Gasteiger partial charge in [-0.3, -0.25) is 9.59 Å². The minimum atomic E-state index is -1.19. The van der Waals surface area contributed by atoms with Gasteiger partial charge in [-0.05, 0) is 32.4 Å². The highest BCUT2D eigenvalue weighted by molar-refractivity contribution is 6.06. The molecule has 1 aromatic carbocycles. The number of hydrogen-bond donors (Lipinski definition) is 1. The van der Waals surface area contributed by atoms with Crippen LogP contribution in [0.4, 0.5) is 0 Å². The third-order valence-electron chi connectivity index (χ3n) is 2.68. The number of hydrogen-bond acceptors (Lipinski definition) is 4. The first-order chi connectivity index (χ1) is 8.88. The van der Waals surface area contributed by atoms with Crippen molar-refractivity contribution in [2.75, 3.05) is 6.61 Å². The maximum atomic E-state index is 11.8. The van der Waals surface area contributed by atoms with Gasteiger partial charge in [0, 0.05) is 0 Å². The second-order valence-electron chi connectivity index (χ2n) is 4.19. The van der Waals surface area contributed by atoms with Crippen molar-refractivity contribution in [2.24, 2.45) is 0 Å². The quantitative estimate of drug-likeness (QED) is 0.649. The van der Waals surface area contributed by atoms with E-state index in [9.17, 15) is 14.4 Å². The van der Waals surface area contributed by atoms with Gasteiger partial charge >= 0.3 is 11.9 Å². The lowest BCUT2D eigenvalue weighted by atomic mass is 9.90. The number of aromatic carboxylic acids is 1. The van der Waals surface area contributed by atoms with Crippen LogP contribution in [0.5, 0.6) is 0 Å². The van der Waals surface area contributed by atoms with E-state index in [0.29, 0.717) is 0 Å². The zero-order valence-corrected chi connectivity index (χ0v) is 11.1. The van der Waals surface area contributed by atoms with Gasteiger partial charge in [-0.1, -0.05) is 17.7 Å². The van der Waals surface area contributed by atoms with Crippen molar-refractivity contribution < 1.29 is 24.2 Å². The fourth-order valence-electron chi connectivity index (χ4n) is 1.85. The normalized spacial score (nSPS) is 11.7. The topological polar surface area (TPSA) is 80.7 Å².